The molecule has 3 atom stereocenters. The van der Waals surface area contributed by atoms with Crippen LogP contribution in [-0.2, 0) is 22.3 Å². The van der Waals surface area contributed by atoms with Crippen molar-refractivity contribution in [2.24, 2.45) is 11.8 Å². The third-order valence-corrected chi connectivity index (χ3v) is 8.30. The highest BCUT2D eigenvalue weighted by atomic mass is 16.6. The van der Waals surface area contributed by atoms with E-state index in [0.29, 0.717) is 23.0 Å². The van der Waals surface area contributed by atoms with Gasteiger partial charge >= 0.3 is 11.9 Å². The van der Waals surface area contributed by atoms with Gasteiger partial charge in [0, 0.05) is 0 Å². The normalized spacial score (nSPS) is 13.2. The Morgan fingerprint density at radius 3 is 1.55 bits per heavy atom. The van der Waals surface area contributed by atoms with Crippen LogP contribution in [0, 0.1) is 11.8 Å². The SMILES string of the molecule is CCCCC(CC)Cc1ccc(C(=O)OCC(OC(=O)c2ccc(CC(CC)CCCC)cc2)c2ccccc2)cc1. The molecule has 0 aliphatic rings. The fourth-order valence-electron chi connectivity index (χ4n) is 5.41. The summed E-state index contributed by atoms with van der Waals surface area (Å²) in [6.45, 7) is 8.89. The molecule has 42 heavy (non-hydrogen) atoms. The van der Waals surface area contributed by atoms with Crippen molar-refractivity contribution in [3.05, 3.63) is 107 Å². The number of benzene rings is 3. The summed E-state index contributed by atoms with van der Waals surface area (Å²) >= 11 is 0. The molecule has 3 unspecified atom stereocenters. The number of esters is 2. The van der Waals surface area contributed by atoms with Gasteiger partial charge in [0.15, 0.2) is 6.10 Å². The van der Waals surface area contributed by atoms with Gasteiger partial charge in [0.2, 0.25) is 0 Å². The Labute approximate surface area is 253 Å². The van der Waals surface area contributed by atoms with Crippen molar-refractivity contribution in [3.63, 3.8) is 0 Å². The average molecular weight is 571 g/mol. The summed E-state index contributed by atoms with van der Waals surface area (Å²) in [7, 11) is 0. The first kappa shape index (κ1) is 33.1. The monoisotopic (exact) mass is 570 g/mol. The molecule has 0 aromatic heterocycles. The lowest BCUT2D eigenvalue weighted by Gasteiger charge is -2.19. The maximum Gasteiger partial charge on any atom is 0.338 e. The van der Waals surface area contributed by atoms with Gasteiger partial charge in [0.1, 0.15) is 6.61 Å². The zero-order valence-electron chi connectivity index (χ0n) is 26.1. The van der Waals surface area contributed by atoms with Crippen molar-refractivity contribution in [2.75, 3.05) is 6.61 Å². The van der Waals surface area contributed by atoms with Crippen molar-refractivity contribution < 1.29 is 19.1 Å². The quantitative estimate of drug-likeness (QED) is 0.143. The highest BCUT2D eigenvalue weighted by molar-refractivity contribution is 5.90. The van der Waals surface area contributed by atoms with Gasteiger partial charge in [-0.3, -0.25) is 0 Å². The Bertz CT molecular complexity index is 1180. The minimum atomic E-state index is -0.705. The van der Waals surface area contributed by atoms with Crippen LogP contribution in [0.2, 0.25) is 0 Å². The van der Waals surface area contributed by atoms with Crippen LogP contribution in [0.4, 0.5) is 0 Å². The lowest BCUT2D eigenvalue weighted by Crippen LogP contribution is -2.19. The Morgan fingerprint density at radius 2 is 1.10 bits per heavy atom. The fourth-order valence-corrected chi connectivity index (χ4v) is 5.41. The molecular formula is C38H50O4. The molecular weight excluding hydrogens is 520 g/mol. The van der Waals surface area contributed by atoms with E-state index < -0.39 is 18.0 Å². The van der Waals surface area contributed by atoms with E-state index in [0.717, 1.165) is 31.2 Å². The maximum atomic E-state index is 13.1. The zero-order valence-corrected chi connectivity index (χ0v) is 26.1. The zero-order chi connectivity index (χ0) is 30.2. The van der Waals surface area contributed by atoms with E-state index in [4.69, 9.17) is 9.47 Å². The van der Waals surface area contributed by atoms with E-state index in [2.05, 4.69) is 27.7 Å². The molecule has 0 heterocycles. The molecule has 0 N–H and O–H groups in total. The summed E-state index contributed by atoms with van der Waals surface area (Å²) in [6, 6.07) is 24.9. The van der Waals surface area contributed by atoms with Crippen molar-refractivity contribution in [1.29, 1.82) is 0 Å². The van der Waals surface area contributed by atoms with E-state index in [1.165, 1.54) is 49.7 Å². The van der Waals surface area contributed by atoms with Gasteiger partial charge in [0.25, 0.3) is 0 Å². The number of unbranched alkanes of at least 4 members (excludes halogenated alkanes) is 2. The van der Waals surface area contributed by atoms with E-state index in [1.54, 1.807) is 0 Å². The molecule has 3 aromatic rings. The van der Waals surface area contributed by atoms with Crippen LogP contribution < -0.4 is 0 Å². The molecule has 0 aliphatic carbocycles. The summed E-state index contributed by atoms with van der Waals surface area (Å²) < 4.78 is 11.6. The van der Waals surface area contributed by atoms with Crippen LogP contribution in [0.15, 0.2) is 78.9 Å². The maximum absolute atomic E-state index is 13.1. The summed E-state index contributed by atoms with van der Waals surface area (Å²) in [5, 5.41) is 0. The molecule has 0 saturated heterocycles. The third kappa shape index (κ3) is 10.8. The molecule has 0 radical (unpaired) electrons. The molecule has 0 fully saturated rings. The summed E-state index contributed by atoms with van der Waals surface area (Å²) in [6.07, 6.45) is 11.0. The van der Waals surface area contributed by atoms with Crippen LogP contribution in [0.25, 0.3) is 0 Å². The third-order valence-electron chi connectivity index (χ3n) is 8.30. The first-order valence-electron chi connectivity index (χ1n) is 16.1. The lowest BCUT2D eigenvalue weighted by molar-refractivity contribution is -0.00133. The Morgan fingerprint density at radius 1 is 0.619 bits per heavy atom. The average Bonchev–Trinajstić information content (AvgIpc) is 3.03. The molecule has 4 heteroatoms. The molecule has 0 aliphatic heterocycles. The van der Waals surface area contributed by atoms with Crippen LogP contribution in [0.5, 0.6) is 0 Å². The second-order valence-electron chi connectivity index (χ2n) is 11.5. The van der Waals surface area contributed by atoms with Gasteiger partial charge in [0.05, 0.1) is 11.1 Å². The van der Waals surface area contributed by atoms with E-state index in [9.17, 15) is 9.59 Å². The number of carbonyl (C=O) groups is 2. The second-order valence-corrected chi connectivity index (χ2v) is 11.5. The Kier molecular flexibility index (Phi) is 14.3. The summed E-state index contributed by atoms with van der Waals surface area (Å²) in [5.74, 6) is 0.478. The highest BCUT2D eigenvalue weighted by Crippen LogP contribution is 2.23. The first-order chi connectivity index (χ1) is 20.5. The largest absolute Gasteiger partial charge is 0.458 e. The molecule has 4 nitrogen and oxygen atoms in total. The van der Waals surface area contributed by atoms with Crippen molar-refractivity contribution in [3.8, 4) is 0 Å². The molecule has 0 amide bonds. The van der Waals surface area contributed by atoms with Gasteiger partial charge in [-0.15, -0.1) is 0 Å². The molecule has 3 aromatic carbocycles. The molecule has 0 spiro atoms. The van der Waals surface area contributed by atoms with Gasteiger partial charge in [-0.25, -0.2) is 9.59 Å². The van der Waals surface area contributed by atoms with Gasteiger partial charge in [-0.05, 0) is 65.6 Å². The smallest absolute Gasteiger partial charge is 0.338 e. The predicted molar refractivity (Wildman–Crippen MR) is 172 cm³/mol. The van der Waals surface area contributed by atoms with Crippen molar-refractivity contribution in [1.82, 2.24) is 0 Å². The molecule has 3 rings (SSSR count). The fraction of sp³-hybridized carbons (Fsp3) is 0.474. The summed E-state index contributed by atoms with van der Waals surface area (Å²) in [4.78, 5) is 26.0. The van der Waals surface area contributed by atoms with Crippen molar-refractivity contribution in [2.45, 2.75) is 98.0 Å². The van der Waals surface area contributed by atoms with E-state index in [-0.39, 0.29) is 6.61 Å². The van der Waals surface area contributed by atoms with Gasteiger partial charge in [-0.2, -0.15) is 0 Å². The number of hydrogen-bond donors (Lipinski definition) is 0. The van der Waals surface area contributed by atoms with Crippen LogP contribution >= 0.6 is 0 Å². The molecule has 0 bridgehead atoms. The second kappa shape index (κ2) is 18.2. The Hall–Kier alpha value is -3.40. The minimum absolute atomic E-state index is 0.0566. The first-order valence-corrected chi connectivity index (χ1v) is 16.1. The van der Waals surface area contributed by atoms with Crippen LogP contribution in [0.1, 0.15) is 123 Å². The van der Waals surface area contributed by atoms with Crippen molar-refractivity contribution >= 4 is 11.9 Å². The molecule has 0 saturated carbocycles. The van der Waals surface area contributed by atoms with Gasteiger partial charge in [-0.1, -0.05) is 134 Å². The molecule has 226 valence electrons. The van der Waals surface area contributed by atoms with Crippen LogP contribution in [-0.4, -0.2) is 18.5 Å². The van der Waals surface area contributed by atoms with Crippen LogP contribution in [0.3, 0.4) is 0 Å². The predicted octanol–water partition coefficient (Wildman–Crippen LogP) is 9.96. The Balaban J connectivity index is 1.61. The van der Waals surface area contributed by atoms with E-state index >= 15 is 0 Å². The summed E-state index contributed by atoms with van der Waals surface area (Å²) in [5.41, 5.74) is 4.25. The highest BCUT2D eigenvalue weighted by Gasteiger charge is 2.21. The van der Waals surface area contributed by atoms with Gasteiger partial charge < -0.3 is 9.47 Å². The van der Waals surface area contributed by atoms with E-state index in [1.807, 2.05) is 78.9 Å². The number of ether oxygens (including phenoxy) is 2. The number of rotatable bonds is 18. The topological polar surface area (TPSA) is 52.6 Å². The number of carbonyl (C=O) groups excluding carboxylic acids is 2. The minimum Gasteiger partial charge on any atom is -0.458 e. The standard InChI is InChI=1S/C38H50O4/c1-5-9-14-29(7-3)26-31-18-22-34(23-19-31)37(39)41-28-36(33-16-12-11-13-17-33)42-38(40)35-24-20-32(21-25-35)27-30(8-4)15-10-6-2/h11-13,16-25,29-30,36H,5-10,14-15,26-28H2,1-4H3. The lowest BCUT2D eigenvalue weighted by atomic mass is 9.92. The number of hydrogen-bond acceptors (Lipinski definition) is 4.